The molecular formula is C13H21N3OS. The lowest BCUT2D eigenvalue weighted by atomic mass is 10.0. The molecule has 1 fully saturated rings. The Morgan fingerprint density at radius 3 is 3.28 bits per heavy atom. The highest BCUT2D eigenvalue weighted by molar-refractivity contribution is 7.09. The molecular weight excluding hydrogens is 246 g/mol. The van der Waals surface area contributed by atoms with Gasteiger partial charge in [-0.05, 0) is 30.7 Å². The van der Waals surface area contributed by atoms with Crippen LogP contribution >= 0.6 is 11.3 Å². The minimum Gasteiger partial charge on any atom is -0.381 e. The van der Waals surface area contributed by atoms with Gasteiger partial charge in [-0.2, -0.15) is 0 Å². The molecule has 1 atom stereocenters. The van der Waals surface area contributed by atoms with Crippen molar-refractivity contribution in [2.24, 2.45) is 16.6 Å². The highest BCUT2D eigenvalue weighted by atomic mass is 32.1. The maximum Gasteiger partial charge on any atom is 0.188 e. The number of nitrogens with two attached hydrogens (primary N) is 1. The number of hydrogen-bond acceptors (Lipinski definition) is 3. The number of aliphatic imine (C=N–C) groups is 1. The first-order chi connectivity index (χ1) is 8.84. The van der Waals surface area contributed by atoms with Gasteiger partial charge in [0.25, 0.3) is 0 Å². The average molecular weight is 267 g/mol. The predicted octanol–water partition coefficient (Wildman–Crippen LogP) is 1.62. The molecule has 1 aliphatic heterocycles. The maximum atomic E-state index is 5.83. The standard InChI is InChI=1S/C13H21N3OS/c14-13(15-6-5-12-4-2-8-18-12)16-9-11-3-1-7-17-10-11/h2,4,8,11H,1,3,5-7,9-10H2,(H3,14,15,16). The summed E-state index contributed by atoms with van der Waals surface area (Å²) < 4.78 is 5.42. The van der Waals surface area contributed by atoms with E-state index in [0.29, 0.717) is 11.9 Å². The minimum atomic E-state index is 0.538. The van der Waals surface area contributed by atoms with Crippen molar-refractivity contribution in [3.8, 4) is 0 Å². The molecule has 1 aromatic rings. The first-order valence-corrected chi connectivity index (χ1v) is 7.36. The van der Waals surface area contributed by atoms with Crippen molar-refractivity contribution in [3.63, 3.8) is 0 Å². The van der Waals surface area contributed by atoms with Gasteiger partial charge >= 0.3 is 0 Å². The van der Waals surface area contributed by atoms with Crippen LogP contribution in [0.5, 0.6) is 0 Å². The molecule has 1 saturated heterocycles. The second kappa shape index (κ2) is 7.38. The highest BCUT2D eigenvalue weighted by Gasteiger charge is 2.12. The van der Waals surface area contributed by atoms with E-state index in [2.05, 4.69) is 27.8 Å². The van der Waals surface area contributed by atoms with Gasteiger partial charge < -0.3 is 15.8 Å². The molecule has 0 spiro atoms. The van der Waals surface area contributed by atoms with Gasteiger partial charge in [-0.15, -0.1) is 11.3 Å². The molecule has 5 heteroatoms. The molecule has 2 heterocycles. The third-order valence-corrected chi connectivity index (χ3v) is 3.97. The van der Waals surface area contributed by atoms with Gasteiger partial charge in [0.1, 0.15) is 0 Å². The number of ether oxygens (including phenoxy) is 1. The van der Waals surface area contributed by atoms with Gasteiger partial charge in [-0.1, -0.05) is 6.07 Å². The molecule has 2 rings (SSSR count). The summed E-state index contributed by atoms with van der Waals surface area (Å²) in [6, 6.07) is 4.21. The number of nitrogens with one attached hydrogen (secondary N) is 1. The molecule has 0 radical (unpaired) electrons. The van der Waals surface area contributed by atoms with Crippen LogP contribution < -0.4 is 11.1 Å². The van der Waals surface area contributed by atoms with Crippen molar-refractivity contribution in [2.45, 2.75) is 19.3 Å². The summed E-state index contributed by atoms with van der Waals surface area (Å²) in [5, 5.41) is 5.25. The fraction of sp³-hybridized carbons (Fsp3) is 0.615. The third kappa shape index (κ3) is 4.66. The fourth-order valence-electron chi connectivity index (χ4n) is 2.00. The Balaban J connectivity index is 1.62. The summed E-state index contributed by atoms with van der Waals surface area (Å²) in [5.74, 6) is 1.09. The van der Waals surface area contributed by atoms with E-state index in [1.807, 2.05) is 0 Å². The fourth-order valence-corrected chi connectivity index (χ4v) is 2.71. The third-order valence-electron chi connectivity index (χ3n) is 3.03. The molecule has 4 nitrogen and oxygen atoms in total. The van der Waals surface area contributed by atoms with Gasteiger partial charge in [-0.25, -0.2) is 0 Å². The van der Waals surface area contributed by atoms with Crippen LogP contribution in [0.4, 0.5) is 0 Å². The second-order valence-corrected chi connectivity index (χ2v) is 5.60. The zero-order valence-electron chi connectivity index (χ0n) is 10.6. The Labute approximate surface area is 112 Å². The second-order valence-electron chi connectivity index (χ2n) is 4.57. The van der Waals surface area contributed by atoms with E-state index >= 15 is 0 Å². The predicted molar refractivity (Wildman–Crippen MR) is 76.1 cm³/mol. The SMILES string of the molecule is NC(=NCC1CCCOC1)NCCc1cccs1. The molecule has 0 amide bonds. The topological polar surface area (TPSA) is 59.6 Å². The van der Waals surface area contributed by atoms with Crippen LogP contribution in [0.25, 0.3) is 0 Å². The summed E-state index contributed by atoms with van der Waals surface area (Å²) in [6.45, 7) is 3.34. The molecule has 0 saturated carbocycles. The zero-order valence-corrected chi connectivity index (χ0v) is 11.4. The van der Waals surface area contributed by atoms with E-state index in [4.69, 9.17) is 10.5 Å². The van der Waals surface area contributed by atoms with Crippen LogP contribution in [0.3, 0.4) is 0 Å². The highest BCUT2D eigenvalue weighted by Crippen LogP contribution is 2.13. The van der Waals surface area contributed by atoms with Crippen molar-refractivity contribution < 1.29 is 4.74 Å². The van der Waals surface area contributed by atoms with Crippen molar-refractivity contribution in [2.75, 3.05) is 26.3 Å². The lowest BCUT2D eigenvalue weighted by Gasteiger charge is -2.20. The van der Waals surface area contributed by atoms with Crippen LogP contribution in [0.1, 0.15) is 17.7 Å². The molecule has 100 valence electrons. The van der Waals surface area contributed by atoms with Crippen molar-refractivity contribution in [3.05, 3.63) is 22.4 Å². The van der Waals surface area contributed by atoms with Crippen LogP contribution in [-0.2, 0) is 11.2 Å². The molecule has 1 unspecified atom stereocenters. The van der Waals surface area contributed by atoms with E-state index in [9.17, 15) is 0 Å². The summed E-state index contributed by atoms with van der Waals surface area (Å²) in [5.41, 5.74) is 5.83. The van der Waals surface area contributed by atoms with Gasteiger partial charge in [-0.3, -0.25) is 4.99 Å². The Bertz CT molecular complexity index is 358. The Morgan fingerprint density at radius 2 is 2.56 bits per heavy atom. The van der Waals surface area contributed by atoms with Crippen LogP contribution in [0.2, 0.25) is 0 Å². The van der Waals surface area contributed by atoms with E-state index in [0.717, 1.165) is 39.1 Å². The number of rotatable bonds is 5. The number of guanidine groups is 1. The lowest BCUT2D eigenvalue weighted by Crippen LogP contribution is -2.34. The van der Waals surface area contributed by atoms with E-state index in [1.165, 1.54) is 11.3 Å². The Morgan fingerprint density at radius 1 is 1.61 bits per heavy atom. The molecule has 3 N–H and O–H groups in total. The lowest BCUT2D eigenvalue weighted by molar-refractivity contribution is 0.0582. The smallest absolute Gasteiger partial charge is 0.188 e. The monoisotopic (exact) mass is 267 g/mol. The van der Waals surface area contributed by atoms with Gasteiger partial charge in [0, 0.05) is 30.5 Å². The number of thiophene rings is 1. The first-order valence-electron chi connectivity index (χ1n) is 6.48. The van der Waals surface area contributed by atoms with Crippen molar-refractivity contribution in [1.29, 1.82) is 0 Å². The Kier molecular flexibility index (Phi) is 5.48. The van der Waals surface area contributed by atoms with Gasteiger partial charge in [0.15, 0.2) is 5.96 Å². The largest absolute Gasteiger partial charge is 0.381 e. The van der Waals surface area contributed by atoms with E-state index < -0.39 is 0 Å². The Hall–Kier alpha value is -1.07. The van der Waals surface area contributed by atoms with E-state index in [-0.39, 0.29) is 0 Å². The van der Waals surface area contributed by atoms with Gasteiger partial charge in [0.05, 0.1) is 6.61 Å². The molecule has 18 heavy (non-hydrogen) atoms. The van der Waals surface area contributed by atoms with Crippen LogP contribution in [-0.4, -0.2) is 32.3 Å². The molecule has 0 aromatic carbocycles. The zero-order chi connectivity index (χ0) is 12.6. The van der Waals surface area contributed by atoms with Crippen LogP contribution in [0.15, 0.2) is 22.5 Å². The first kappa shape index (κ1) is 13.4. The number of hydrogen-bond donors (Lipinski definition) is 2. The van der Waals surface area contributed by atoms with Crippen LogP contribution in [0, 0.1) is 5.92 Å². The normalized spacial score (nSPS) is 20.9. The number of nitrogens with zero attached hydrogens (tertiary/aromatic N) is 1. The molecule has 1 aromatic heterocycles. The average Bonchev–Trinajstić information content (AvgIpc) is 2.91. The van der Waals surface area contributed by atoms with E-state index in [1.54, 1.807) is 11.3 Å². The molecule has 1 aliphatic rings. The van der Waals surface area contributed by atoms with Gasteiger partial charge in [0.2, 0.25) is 0 Å². The summed E-state index contributed by atoms with van der Waals surface area (Å²) >= 11 is 1.77. The van der Waals surface area contributed by atoms with Crippen molar-refractivity contribution in [1.82, 2.24) is 5.32 Å². The maximum absolute atomic E-state index is 5.83. The molecule has 0 aliphatic carbocycles. The summed E-state index contributed by atoms with van der Waals surface area (Å²) in [6.07, 6.45) is 3.35. The quantitative estimate of drug-likeness (QED) is 0.629. The minimum absolute atomic E-state index is 0.538. The molecule has 0 bridgehead atoms. The summed E-state index contributed by atoms with van der Waals surface area (Å²) in [7, 11) is 0. The summed E-state index contributed by atoms with van der Waals surface area (Å²) in [4.78, 5) is 5.74. The van der Waals surface area contributed by atoms with Crippen molar-refractivity contribution >= 4 is 17.3 Å².